The lowest BCUT2D eigenvalue weighted by Crippen LogP contribution is -2.55. The van der Waals surface area contributed by atoms with Crippen LogP contribution in [0.5, 0.6) is 0 Å². The molecule has 1 aromatic carbocycles. The summed E-state index contributed by atoms with van der Waals surface area (Å²) in [6.45, 7) is 3.98. The van der Waals surface area contributed by atoms with Gasteiger partial charge >= 0.3 is 0 Å². The maximum atomic E-state index is 6.47. The third-order valence-corrected chi connectivity index (χ3v) is 8.40. The van der Waals surface area contributed by atoms with Crippen molar-refractivity contribution >= 4 is 104 Å². The number of halogens is 9. The van der Waals surface area contributed by atoms with Crippen molar-refractivity contribution in [2.24, 2.45) is 5.92 Å². The maximum Gasteiger partial charge on any atom is 0.226 e. The molecule has 0 aliphatic heterocycles. The van der Waals surface area contributed by atoms with E-state index in [0.29, 0.717) is 11.1 Å². The molecule has 0 saturated carbocycles. The summed E-state index contributed by atoms with van der Waals surface area (Å²) in [5, 5.41) is 0. The smallest absolute Gasteiger partial charge is 0.0943 e. The zero-order valence-electron chi connectivity index (χ0n) is 11.9. The van der Waals surface area contributed by atoms with Crippen LogP contribution in [0, 0.1) is 12.3 Å². The van der Waals surface area contributed by atoms with Crippen molar-refractivity contribution in [2.75, 3.05) is 0 Å². The maximum absolute atomic E-state index is 6.47. The minimum absolute atomic E-state index is 0.213. The summed E-state index contributed by atoms with van der Waals surface area (Å²) in [6.07, 6.45) is 1.93. The third-order valence-electron chi connectivity index (χ3n) is 2.96. The monoisotopic (exact) mass is 495 g/mol. The molecule has 23 heavy (non-hydrogen) atoms. The molecule has 1 rings (SSSR count). The van der Waals surface area contributed by atoms with Gasteiger partial charge in [0.05, 0.1) is 0 Å². The van der Waals surface area contributed by atoms with E-state index in [-0.39, 0.29) is 5.92 Å². The zero-order chi connectivity index (χ0) is 18.3. The summed E-state index contributed by atoms with van der Waals surface area (Å²) < 4.78 is -8.77. The van der Waals surface area contributed by atoms with E-state index in [4.69, 9.17) is 104 Å². The van der Waals surface area contributed by atoms with E-state index in [0.717, 1.165) is 0 Å². The van der Waals surface area contributed by atoms with Gasteiger partial charge in [-0.25, -0.2) is 0 Å². The number of hydrogen-bond acceptors (Lipinski definition) is 0. The summed E-state index contributed by atoms with van der Waals surface area (Å²) in [4.78, 5) is 0. The third kappa shape index (κ3) is 4.57. The fourth-order valence-corrected chi connectivity index (χ4v) is 4.14. The highest BCUT2D eigenvalue weighted by Gasteiger charge is 2.68. The molecule has 9 heteroatoms. The summed E-state index contributed by atoms with van der Waals surface area (Å²) in [5.41, 5.74) is 1.11. The van der Waals surface area contributed by atoms with Crippen molar-refractivity contribution in [1.82, 2.24) is 0 Å². The van der Waals surface area contributed by atoms with Gasteiger partial charge in [0, 0.05) is 0 Å². The number of benzene rings is 1. The van der Waals surface area contributed by atoms with Gasteiger partial charge < -0.3 is 0 Å². The Morgan fingerprint density at radius 2 is 1.26 bits per heavy atom. The molecule has 131 valence electrons. The molecule has 0 aromatic heterocycles. The van der Waals surface area contributed by atoms with Crippen molar-refractivity contribution in [2.45, 2.75) is 30.6 Å². The Hall–Kier alpha value is 1.83. The average molecular weight is 499 g/mol. The van der Waals surface area contributed by atoms with Gasteiger partial charge in [-0.1, -0.05) is 143 Å². The van der Waals surface area contributed by atoms with E-state index in [2.05, 4.69) is 0 Å². The van der Waals surface area contributed by atoms with Crippen LogP contribution in [0.2, 0.25) is 0 Å². The summed E-state index contributed by atoms with van der Waals surface area (Å²) in [5.74, 6) is 0.213. The molecule has 0 saturated heterocycles. The lowest BCUT2D eigenvalue weighted by molar-refractivity contribution is 0.597. The molecule has 0 heterocycles. The van der Waals surface area contributed by atoms with Gasteiger partial charge in [-0.05, 0) is 23.5 Å². The molecule has 1 radical (unpaired) electrons. The summed E-state index contributed by atoms with van der Waals surface area (Å²) in [7, 11) is 0. The first kappa shape index (κ1) is 22.9. The van der Waals surface area contributed by atoms with Gasteiger partial charge in [-0.15, -0.1) is 0 Å². The fourth-order valence-electron chi connectivity index (χ4n) is 1.83. The van der Waals surface area contributed by atoms with Gasteiger partial charge in [-0.2, -0.15) is 0 Å². The minimum Gasteiger partial charge on any atom is -0.0943 e. The Balaban J connectivity index is 3.47. The van der Waals surface area contributed by atoms with Crippen molar-refractivity contribution in [3.8, 4) is 0 Å². The first-order valence-corrected chi connectivity index (χ1v) is 9.71. The van der Waals surface area contributed by atoms with E-state index >= 15 is 0 Å². The number of alkyl halides is 9. The van der Waals surface area contributed by atoms with Crippen LogP contribution in [0.1, 0.15) is 25.0 Å². The molecule has 0 fully saturated rings. The topological polar surface area (TPSA) is 0 Å². The van der Waals surface area contributed by atoms with Gasteiger partial charge in [0.2, 0.25) is 8.13 Å². The molecule has 0 nitrogen and oxygen atoms in total. The largest absolute Gasteiger partial charge is 0.226 e. The first-order valence-electron chi connectivity index (χ1n) is 6.30. The molecule has 0 bridgehead atoms. The molecule has 0 atom stereocenters. The molecule has 0 aliphatic rings. The van der Waals surface area contributed by atoms with Gasteiger partial charge in [0.25, 0.3) is 0 Å². The second-order valence-electron chi connectivity index (χ2n) is 5.22. The van der Waals surface area contributed by atoms with Crippen molar-refractivity contribution in [3.63, 3.8) is 0 Å². The Bertz CT molecular complexity index is 543. The predicted molar refractivity (Wildman–Crippen MR) is 107 cm³/mol. The molecule has 0 unspecified atom stereocenters. The SMILES string of the molecule is CC(C)[CH]c1ccccc1C(Cl)(Cl)C(Cl)(Cl)C(Cl)(Cl)C(Cl)(Cl)Cl. The Kier molecular flexibility index (Phi) is 7.79. The zero-order valence-corrected chi connectivity index (χ0v) is 18.7. The summed E-state index contributed by atoms with van der Waals surface area (Å²) >= 11 is 55.2. The van der Waals surface area contributed by atoms with E-state index in [1.165, 1.54) is 0 Å². The Morgan fingerprint density at radius 3 is 1.70 bits per heavy atom. The lowest BCUT2D eigenvalue weighted by atomic mass is 9.94. The Labute approximate surface area is 181 Å². The van der Waals surface area contributed by atoms with E-state index in [9.17, 15) is 0 Å². The van der Waals surface area contributed by atoms with E-state index in [1.807, 2.05) is 26.3 Å². The van der Waals surface area contributed by atoms with Crippen LogP contribution >= 0.6 is 104 Å². The van der Waals surface area contributed by atoms with Crippen LogP contribution in [0.3, 0.4) is 0 Å². The highest BCUT2D eigenvalue weighted by molar-refractivity contribution is 6.80. The molecule has 0 aliphatic carbocycles. The van der Waals surface area contributed by atoms with Crippen LogP contribution < -0.4 is 0 Å². The van der Waals surface area contributed by atoms with Crippen LogP contribution in [-0.2, 0) is 4.33 Å². The molecule has 0 spiro atoms. The van der Waals surface area contributed by atoms with E-state index in [1.54, 1.807) is 18.2 Å². The Morgan fingerprint density at radius 1 is 0.783 bits per heavy atom. The van der Waals surface area contributed by atoms with Crippen LogP contribution in [-0.4, -0.2) is 12.5 Å². The molecule has 0 N–H and O–H groups in total. The average Bonchev–Trinajstić information content (AvgIpc) is 2.36. The quantitative estimate of drug-likeness (QED) is 0.358. The van der Waals surface area contributed by atoms with Gasteiger partial charge in [-0.3, -0.25) is 0 Å². The number of hydrogen-bond donors (Lipinski definition) is 0. The lowest BCUT2D eigenvalue weighted by Gasteiger charge is -2.44. The normalized spacial score (nSPS) is 14.4. The molecule has 1 aromatic rings. The first-order chi connectivity index (χ1) is 10.2. The van der Waals surface area contributed by atoms with Crippen molar-refractivity contribution in [1.29, 1.82) is 0 Å². The standard InChI is InChI=1S/C14H12Cl9/c1-8(2)7-9-5-3-4-6-10(9)11(15,16)12(17,18)13(19,20)14(21,22)23/h3-8H,1-2H3. The predicted octanol–water partition coefficient (Wildman–Crippen LogP) is 8.24. The van der Waals surface area contributed by atoms with Crippen molar-refractivity contribution < 1.29 is 0 Å². The van der Waals surface area contributed by atoms with Crippen LogP contribution in [0.15, 0.2) is 24.3 Å². The second kappa shape index (κ2) is 7.83. The van der Waals surface area contributed by atoms with Gasteiger partial charge in [0.1, 0.15) is 0 Å². The minimum atomic E-state index is -2.30. The fraction of sp³-hybridized carbons (Fsp3) is 0.500. The molecular weight excluding hydrogens is 487 g/mol. The van der Waals surface area contributed by atoms with Crippen LogP contribution in [0.25, 0.3) is 0 Å². The molecular formula is C14H12Cl9. The van der Waals surface area contributed by atoms with Crippen LogP contribution in [0.4, 0.5) is 0 Å². The van der Waals surface area contributed by atoms with Crippen molar-refractivity contribution in [3.05, 3.63) is 41.8 Å². The highest BCUT2D eigenvalue weighted by atomic mass is 35.6. The molecule has 0 amide bonds. The highest BCUT2D eigenvalue weighted by Crippen LogP contribution is 2.65. The van der Waals surface area contributed by atoms with Gasteiger partial charge in [0.15, 0.2) is 8.67 Å². The number of rotatable bonds is 5. The summed E-state index contributed by atoms with van der Waals surface area (Å²) in [6, 6.07) is 6.99. The second-order valence-corrected chi connectivity index (χ2v) is 11.5. The van der Waals surface area contributed by atoms with E-state index < -0.39 is 16.8 Å².